The number of rotatable bonds is 4. The Labute approximate surface area is 168 Å². The molecule has 0 aliphatic carbocycles. The molecule has 1 unspecified atom stereocenters. The standard InChI is InChI=1S/C20H25N3O2S2/c1-15-6-7-17(27-15)16-4-2-8-23(16)14-19(24)21-9-11-22(12-10-21)20(25)18-5-3-13-26-18/h3,5-7,13,16H,2,4,8-12,14H2,1H3. The van der Waals surface area contributed by atoms with Crippen molar-refractivity contribution >= 4 is 34.5 Å². The van der Waals surface area contributed by atoms with Crippen LogP contribution in [0.3, 0.4) is 0 Å². The third-order valence-electron chi connectivity index (χ3n) is 5.44. The molecule has 4 rings (SSSR count). The van der Waals surface area contributed by atoms with Crippen LogP contribution in [-0.4, -0.2) is 65.8 Å². The van der Waals surface area contributed by atoms with Gasteiger partial charge in [0.05, 0.1) is 11.4 Å². The maximum Gasteiger partial charge on any atom is 0.264 e. The largest absolute Gasteiger partial charge is 0.338 e. The summed E-state index contributed by atoms with van der Waals surface area (Å²) in [5.41, 5.74) is 0. The molecule has 2 amide bonds. The van der Waals surface area contributed by atoms with Crippen molar-refractivity contribution in [2.45, 2.75) is 25.8 Å². The molecule has 0 spiro atoms. The summed E-state index contributed by atoms with van der Waals surface area (Å²) in [5.74, 6) is 0.281. The first-order valence-electron chi connectivity index (χ1n) is 9.53. The van der Waals surface area contributed by atoms with E-state index < -0.39 is 0 Å². The van der Waals surface area contributed by atoms with Gasteiger partial charge in [0.2, 0.25) is 5.91 Å². The zero-order valence-corrected chi connectivity index (χ0v) is 17.2. The van der Waals surface area contributed by atoms with Gasteiger partial charge in [0, 0.05) is 42.0 Å². The summed E-state index contributed by atoms with van der Waals surface area (Å²) in [5, 5.41) is 1.93. The molecule has 0 radical (unpaired) electrons. The fourth-order valence-electron chi connectivity index (χ4n) is 3.96. The molecule has 1 atom stereocenters. The molecule has 2 fully saturated rings. The van der Waals surface area contributed by atoms with Gasteiger partial charge < -0.3 is 9.80 Å². The molecule has 2 aliphatic heterocycles. The molecule has 0 bridgehead atoms. The van der Waals surface area contributed by atoms with Gasteiger partial charge in [-0.1, -0.05) is 6.07 Å². The number of thiophene rings is 2. The number of likely N-dealkylation sites (tertiary alicyclic amines) is 1. The van der Waals surface area contributed by atoms with Gasteiger partial charge in [0.1, 0.15) is 0 Å². The molecule has 2 aromatic rings. The summed E-state index contributed by atoms with van der Waals surface area (Å²) in [6.07, 6.45) is 2.29. The maximum atomic E-state index is 12.8. The predicted octanol–water partition coefficient (Wildman–Crippen LogP) is 3.24. The van der Waals surface area contributed by atoms with E-state index in [9.17, 15) is 9.59 Å². The van der Waals surface area contributed by atoms with Crippen LogP contribution in [0.25, 0.3) is 0 Å². The summed E-state index contributed by atoms with van der Waals surface area (Å²) in [6, 6.07) is 8.53. The Bertz CT molecular complexity index is 794. The number of amides is 2. The van der Waals surface area contributed by atoms with Gasteiger partial charge in [-0.05, 0) is 49.9 Å². The summed E-state index contributed by atoms with van der Waals surface area (Å²) >= 11 is 3.32. The molecular formula is C20H25N3O2S2. The first kappa shape index (κ1) is 18.7. The first-order chi connectivity index (χ1) is 13.1. The Hall–Kier alpha value is -1.70. The fraction of sp³-hybridized carbons (Fsp3) is 0.500. The van der Waals surface area contributed by atoms with E-state index in [1.54, 1.807) is 0 Å². The van der Waals surface area contributed by atoms with E-state index in [0.717, 1.165) is 24.3 Å². The van der Waals surface area contributed by atoms with Crippen molar-refractivity contribution in [3.05, 3.63) is 44.3 Å². The van der Waals surface area contributed by atoms with Crippen LogP contribution in [0, 0.1) is 6.92 Å². The maximum absolute atomic E-state index is 12.8. The Morgan fingerprint density at radius 1 is 1.07 bits per heavy atom. The minimum atomic E-state index is 0.0878. The molecular weight excluding hydrogens is 378 g/mol. The van der Waals surface area contributed by atoms with Gasteiger partial charge in [-0.2, -0.15) is 0 Å². The number of carbonyl (C=O) groups excluding carboxylic acids is 2. The Morgan fingerprint density at radius 2 is 1.85 bits per heavy atom. The highest BCUT2D eigenvalue weighted by atomic mass is 32.1. The van der Waals surface area contributed by atoms with E-state index in [1.807, 2.05) is 38.6 Å². The average Bonchev–Trinajstić information content (AvgIpc) is 3.43. The van der Waals surface area contributed by atoms with E-state index in [0.29, 0.717) is 38.8 Å². The number of piperazine rings is 1. The molecule has 2 saturated heterocycles. The van der Waals surface area contributed by atoms with Crippen LogP contribution < -0.4 is 0 Å². The van der Waals surface area contributed by atoms with Gasteiger partial charge in [0.25, 0.3) is 5.91 Å². The number of aryl methyl sites for hydroxylation is 1. The van der Waals surface area contributed by atoms with Gasteiger partial charge in [-0.3, -0.25) is 14.5 Å². The second-order valence-corrected chi connectivity index (χ2v) is 9.49. The van der Waals surface area contributed by atoms with Crippen molar-refractivity contribution in [2.24, 2.45) is 0 Å². The number of nitrogens with zero attached hydrogens (tertiary/aromatic N) is 3. The van der Waals surface area contributed by atoms with Crippen LogP contribution in [0.2, 0.25) is 0 Å². The molecule has 2 aliphatic rings. The van der Waals surface area contributed by atoms with Crippen LogP contribution in [0.5, 0.6) is 0 Å². The lowest BCUT2D eigenvalue weighted by Crippen LogP contribution is -2.52. The fourth-order valence-corrected chi connectivity index (χ4v) is 5.70. The number of hydrogen-bond donors (Lipinski definition) is 0. The molecule has 0 N–H and O–H groups in total. The smallest absolute Gasteiger partial charge is 0.264 e. The van der Waals surface area contributed by atoms with Crippen LogP contribution in [-0.2, 0) is 4.79 Å². The monoisotopic (exact) mass is 403 g/mol. The average molecular weight is 404 g/mol. The molecule has 144 valence electrons. The zero-order chi connectivity index (χ0) is 18.8. The molecule has 2 aromatic heterocycles. The molecule has 5 nitrogen and oxygen atoms in total. The lowest BCUT2D eigenvalue weighted by Gasteiger charge is -2.36. The van der Waals surface area contributed by atoms with Crippen LogP contribution in [0.15, 0.2) is 29.6 Å². The van der Waals surface area contributed by atoms with Crippen molar-refractivity contribution < 1.29 is 9.59 Å². The van der Waals surface area contributed by atoms with Crippen LogP contribution >= 0.6 is 22.7 Å². The zero-order valence-electron chi connectivity index (χ0n) is 15.6. The highest BCUT2D eigenvalue weighted by Crippen LogP contribution is 2.35. The highest BCUT2D eigenvalue weighted by molar-refractivity contribution is 7.12. The molecule has 0 aromatic carbocycles. The summed E-state index contributed by atoms with van der Waals surface area (Å²) in [7, 11) is 0. The Kier molecular flexibility index (Phi) is 5.61. The second kappa shape index (κ2) is 8.12. The summed E-state index contributed by atoms with van der Waals surface area (Å²) in [6.45, 7) is 6.12. The van der Waals surface area contributed by atoms with Gasteiger partial charge in [-0.25, -0.2) is 0 Å². The van der Waals surface area contributed by atoms with Gasteiger partial charge in [-0.15, -0.1) is 22.7 Å². The van der Waals surface area contributed by atoms with Crippen LogP contribution in [0.4, 0.5) is 0 Å². The van der Waals surface area contributed by atoms with E-state index in [4.69, 9.17) is 0 Å². The minimum Gasteiger partial charge on any atom is -0.338 e. The molecule has 4 heterocycles. The normalized spacial score (nSPS) is 21.0. The molecule has 0 saturated carbocycles. The van der Waals surface area contributed by atoms with E-state index >= 15 is 0 Å². The van der Waals surface area contributed by atoms with Crippen molar-refractivity contribution in [1.29, 1.82) is 0 Å². The predicted molar refractivity (Wildman–Crippen MR) is 109 cm³/mol. The van der Waals surface area contributed by atoms with Crippen molar-refractivity contribution in [1.82, 2.24) is 14.7 Å². The Morgan fingerprint density at radius 3 is 2.52 bits per heavy atom. The molecule has 7 heteroatoms. The van der Waals surface area contributed by atoms with Gasteiger partial charge in [0.15, 0.2) is 0 Å². The summed E-state index contributed by atoms with van der Waals surface area (Å²) < 4.78 is 0. The quantitative estimate of drug-likeness (QED) is 0.787. The number of carbonyl (C=O) groups is 2. The third-order valence-corrected chi connectivity index (χ3v) is 7.40. The number of hydrogen-bond acceptors (Lipinski definition) is 5. The van der Waals surface area contributed by atoms with E-state index in [2.05, 4.69) is 24.0 Å². The second-order valence-electron chi connectivity index (χ2n) is 7.23. The lowest BCUT2D eigenvalue weighted by molar-refractivity contribution is -0.134. The summed E-state index contributed by atoms with van der Waals surface area (Å²) in [4.78, 5) is 34.9. The SMILES string of the molecule is Cc1ccc(C2CCCN2CC(=O)N2CCN(C(=O)c3cccs3)CC2)s1. The van der Waals surface area contributed by atoms with Crippen molar-refractivity contribution in [3.8, 4) is 0 Å². The topological polar surface area (TPSA) is 43.9 Å². The van der Waals surface area contributed by atoms with Crippen molar-refractivity contribution in [2.75, 3.05) is 39.3 Å². The minimum absolute atomic E-state index is 0.0878. The first-order valence-corrected chi connectivity index (χ1v) is 11.2. The van der Waals surface area contributed by atoms with Gasteiger partial charge >= 0.3 is 0 Å². The molecule has 27 heavy (non-hydrogen) atoms. The van der Waals surface area contributed by atoms with E-state index in [-0.39, 0.29) is 11.8 Å². The third kappa shape index (κ3) is 4.10. The lowest BCUT2D eigenvalue weighted by atomic mass is 10.2. The van der Waals surface area contributed by atoms with Crippen LogP contribution in [0.1, 0.15) is 38.3 Å². The van der Waals surface area contributed by atoms with E-state index in [1.165, 1.54) is 21.1 Å². The Balaban J connectivity index is 1.31. The highest BCUT2D eigenvalue weighted by Gasteiger charge is 2.31. The van der Waals surface area contributed by atoms with Crippen molar-refractivity contribution in [3.63, 3.8) is 0 Å².